The lowest BCUT2D eigenvalue weighted by molar-refractivity contribution is -0.156. The second-order valence-corrected chi connectivity index (χ2v) is 25.2. The van der Waals surface area contributed by atoms with Gasteiger partial charge in [0.05, 0.1) is 44.9 Å². The quantitative estimate of drug-likeness (QED) is 0.0214. The number of fused-ring (bicyclic) bond motifs is 2. The summed E-state index contributed by atoms with van der Waals surface area (Å²) in [6.45, 7) is 1.45. The van der Waals surface area contributed by atoms with Crippen LogP contribution in [0.25, 0.3) is 21.8 Å². The van der Waals surface area contributed by atoms with Gasteiger partial charge in [0.25, 0.3) is 5.91 Å². The summed E-state index contributed by atoms with van der Waals surface area (Å²) in [6.07, 6.45) is -8.84. The number of hydrogen-bond donors (Lipinski definition) is 21. The van der Waals surface area contributed by atoms with Gasteiger partial charge in [0.1, 0.15) is 72.3 Å². The van der Waals surface area contributed by atoms with E-state index in [2.05, 4.69) is 47.2 Å². The molecule has 15 atom stereocenters. The first-order valence-corrected chi connectivity index (χ1v) is 33.2. The number of carboxylic acids is 4. The van der Waals surface area contributed by atoms with Crippen LogP contribution in [0, 0.1) is 5.92 Å². The molecule has 2 aliphatic rings. The van der Waals surface area contributed by atoms with Crippen LogP contribution in [0.2, 0.25) is 0 Å². The number of nitrogens with one attached hydrogen (secondary N) is 13. The van der Waals surface area contributed by atoms with E-state index in [-0.39, 0.29) is 16.7 Å². The normalized spacial score (nSPS) is 24.4. The number of aromatic hydroxyl groups is 1. The number of cyclic esters (lactones) is 1. The number of carboxylic acid groups (broad SMARTS) is 4. The van der Waals surface area contributed by atoms with E-state index < -0.39 is 249 Å². The number of phenols is 1. The van der Waals surface area contributed by atoms with E-state index in [1.54, 1.807) is 48.5 Å². The molecule has 0 bridgehead atoms. The number of carbonyl (C=O) groups is 17. The molecule has 2 fully saturated rings. The third-order valence-electron chi connectivity index (χ3n) is 17.1. The summed E-state index contributed by atoms with van der Waals surface area (Å²) < 4.78 is 11.3. The number of aliphatic hydroxyl groups excluding tert-OH is 2. The minimum atomic E-state index is -2.73. The zero-order valence-corrected chi connectivity index (χ0v) is 57.3. The van der Waals surface area contributed by atoms with Gasteiger partial charge >= 0.3 is 29.8 Å². The van der Waals surface area contributed by atoms with Crippen molar-refractivity contribution in [1.29, 1.82) is 0 Å². The third kappa shape index (κ3) is 22.7. The van der Waals surface area contributed by atoms with Crippen LogP contribution in [-0.2, 0) is 104 Å². The van der Waals surface area contributed by atoms with Crippen molar-refractivity contribution >= 4 is 123 Å². The maximum Gasteiger partial charge on any atom is 0.329 e. The molecule has 2 aromatic heterocycles. The van der Waals surface area contributed by atoms with Crippen molar-refractivity contribution < 1.29 is 127 Å². The smallest absolute Gasteiger partial charge is 0.329 e. The average molecular weight is 1500 g/mol. The fraction of sp³-hybridized carbons (Fsp3) is 0.418. The van der Waals surface area contributed by atoms with E-state index in [9.17, 15) is 103 Å². The van der Waals surface area contributed by atoms with Gasteiger partial charge in [-0.2, -0.15) is 0 Å². The number of ether oxygens (including phenoxy) is 2. The Morgan fingerprint density at radius 3 is 1.62 bits per heavy atom. The average Bonchev–Trinajstić information content (AvgIpc) is 1.78. The molecule has 0 aliphatic carbocycles. The lowest BCUT2D eigenvalue weighted by Crippen LogP contribution is -2.63. The molecule has 107 heavy (non-hydrogen) atoms. The Balaban J connectivity index is 1.38. The molecule has 7 rings (SSSR count). The second kappa shape index (κ2) is 37.2. The minimum absolute atomic E-state index is 0.229. The number of esters is 1. The lowest BCUT2D eigenvalue weighted by atomic mass is 9.95. The molecule has 2 aliphatic heterocycles. The highest BCUT2D eigenvalue weighted by Crippen LogP contribution is 2.28. The number of aliphatic hydroxyl groups is 2. The number of rotatable bonds is 23. The second-order valence-electron chi connectivity index (χ2n) is 25.2. The van der Waals surface area contributed by atoms with Gasteiger partial charge in [0.2, 0.25) is 65.0 Å². The van der Waals surface area contributed by atoms with E-state index in [1.165, 1.54) is 12.4 Å². The number of aliphatic carboxylic acids is 4. The number of carbonyl (C=O) groups excluding carboxylic acids is 13. The highest BCUT2D eigenvalue weighted by Gasteiger charge is 2.46. The van der Waals surface area contributed by atoms with Crippen LogP contribution in [0.1, 0.15) is 82.0 Å². The molecule has 5 aromatic rings. The van der Waals surface area contributed by atoms with Crippen molar-refractivity contribution in [3.05, 3.63) is 102 Å². The van der Waals surface area contributed by atoms with Gasteiger partial charge in [-0.1, -0.05) is 68.8 Å². The zero-order chi connectivity index (χ0) is 78.7. The molecule has 5 unspecified atom stereocenters. The minimum Gasteiger partial charge on any atom is -0.508 e. The topological polar surface area (TPSA) is 643 Å². The molecule has 12 amide bonds. The fourth-order valence-electron chi connectivity index (χ4n) is 11.5. The van der Waals surface area contributed by atoms with Crippen LogP contribution >= 0.6 is 0 Å². The van der Waals surface area contributed by atoms with Gasteiger partial charge in [-0.05, 0) is 60.2 Å². The van der Waals surface area contributed by atoms with Crippen molar-refractivity contribution in [2.75, 3.05) is 13.2 Å². The van der Waals surface area contributed by atoms with E-state index in [0.29, 0.717) is 34.6 Å². The molecular weight excluding hydrogens is 1420 g/mol. The van der Waals surface area contributed by atoms with Crippen molar-refractivity contribution in [3.63, 3.8) is 0 Å². The number of benzene rings is 3. The molecule has 0 spiro atoms. The van der Waals surface area contributed by atoms with E-state index in [1.807, 2.05) is 28.2 Å². The monoisotopic (exact) mass is 1500 g/mol. The van der Waals surface area contributed by atoms with Crippen LogP contribution in [-0.4, -0.2) is 238 Å². The number of phenolic OH excluding ortho intramolecular Hbond substituents is 1. The van der Waals surface area contributed by atoms with Gasteiger partial charge in [0.15, 0.2) is 12.2 Å². The molecule has 0 saturated carbocycles. The van der Waals surface area contributed by atoms with Crippen LogP contribution in [0.15, 0.2) is 85.2 Å². The van der Waals surface area contributed by atoms with Gasteiger partial charge in [-0.15, -0.1) is 0 Å². The highest BCUT2D eigenvalue weighted by atomic mass is 16.6. The molecule has 2 saturated heterocycles. The van der Waals surface area contributed by atoms with Crippen molar-refractivity contribution in [3.8, 4) is 5.75 Å². The van der Waals surface area contributed by atoms with E-state index in [4.69, 9.17) is 15.2 Å². The number of aromatic amines is 2. The number of primary amides is 1. The maximum absolute atomic E-state index is 15.3. The predicted octanol–water partition coefficient (Wildman–Crippen LogP) is -5.64. The molecular formula is C67H80N14O26. The summed E-state index contributed by atoms with van der Waals surface area (Å²) in [4.78, 5) is 242. The molecule has 22 N–H and O–H groups in total. The maximum atomic E-state index is 15.3. The number of amides is 12. The number of epoxide rings is 1. The summed E-state index contributed by atoms with van der Waals surface area (Å²) >= 11 is 0. The summed E-state index contributed by atoms with van der Waals surface area (Å²) in [5, 5.41) is 96.5. The van der Waals surface area contributed by atoms with Gasteiger partial charge in [0, 0.05) is 47.0 Å². The van der Waals surface area contributed by atoms with Crippen LogP contribution < -0.4 is 64.2 Å². The Hall–Kier alpha value is -12.6. The first-order chi connectivity index (χ1) is 50.7. The van der Waals surface area contributed by atoms with E-state index >= 15 is 14.4 Å². The highest BCUT2D eigenvalue weighted by molar-refractivity contribution is 6.02. The van der Waals surface area contributed by atoms with Crippen LogP contribution in [0.4, 0.5) is 0 Å². The molecule has 40 nitrogen and oxygen atoms in total. The number of aromatic nitrogens is 2. The molecule has 0 radical (unpaired) electrons. The van der Waals surface area contributed by atoms with Gasteiger partial charge in [-0.3, -0.25) is 76.7 Å². The van der Waals surface area contributed by atoms with Gasteiger partial charge < -0.3 is 119 Å². The molecule has 574 valence electrons. The summed E-state index contributed by atoms with van der Waals surface area (Å²) in [5.74, 6) is -28.2. The Morgan fingerprint density at radius 1 is 0.589 bits per heavy atom. The predicted molar refractivity (Wildman–Crippen MR) is 363 cm³/mol. The van der Waals surface area contributed by atoms with Crippen molar-refractivity contribution in [2.45, 2.75) is 157 Å². The summed E-state index contributed by atoms with van der Waals surface area (Å²) in [7, 11) is 0. The first-order valence-electron chi connectivity index (χ1n) is 33.2. The van der Waals surface area contributed by atoms with E-state index in [0.717, 1.165) is 38.1 Å². The Kier molecular flexibility index (Phi) is 28.4. The van der Waals surface area contributed by atoms with Crippen molar-refractivity contribution in [1.82, 2.24) is 68.5 Å². The third-order valence-corrected chi connectivity index (χ3v) is 17.1. The summed E-state index contributed by atoms with van der Waals surface area (Å²) in [5.41, 5.74) is 6.48. The molecule has 4 heterocycles. The Labute approximate surface area is 605 Å². The Morgan fingerprint density at radius 2 is 1.08 bits per heavy atom. The number of H-pyrrole nitrogens is 2. The fourth-order valence-corrected chi connectivity index (χ4v) is 11.5. The van der Waals surface area contributed by atoms with Crippen LogP contribution in [0.3, 0.4) is 0 Å². The standard InChI is InChI=1S/C67H80N14O26/c1-4-9-44-55(107-44)66(104)77-43(27-82)61(99)80-51-29(3)106-67(105)42(20-32-25-70-37-13-8-6-11-35(32)37)76-62(100)50(28(2)18-46(85)86)79-65(103)53(54(93)56(68)94)78-45(84)26-71-57(95)39(21-47(87)88)75-64(102)52(30-14-16-33(83)17-15-30)81-60(98)41(23-49(91)92)73-59(97)40(22-48(89)90)72-58(96)38(74-63(51)101)19-31-24-69-36-12-7-5-10-34(31)36/h5-8,10-17,24-25,28-29,38-44,50-55,69-70,82-83,93H,4,9,18-23,26-27H2,1-3H3,(H2,68,94)(H,71,95)(H,72,96)(H,73,97)(H,74,101)(H,75,102)(H,76,100)(H,77,104)(H,78,84)(H,79,103)(H,80,99)(H,81,98)(H,85,86)(H,87,88)(H,89,90)(H,91,92)/t28?,29?,38-,39+,40+,41+,42+,43+,44?,50+,51+,52+,53?,54+,55?/m1/s1. The van der Waals surface area contributed by atoms with Gasteiger partial charge in [-0.25, -0.2) is 4.79 Å². The number of para-hydroxylation sites is 2. The molecule has 40 heteroatoms. The molecule has 3 aromatic carbocycles. The SMILES string of the molecule is CCCC1OC1C(=O)N[C@@H](CO)C(=O)N[C@@H]1C(=O)N[C@H](Cc2c[nH]c3ccccc23)C(=O)N[C@@H](CC(=O)O)C(=O)N[C@@H](CC(=O)O)C(=O)N[C@@H](c2ccc(O)cc2)C(=O)N[C@@H](CC(=O)O)C(=O)NCC(=O)NC([C@H](O)C(N)=O)C(=O)N[C@@H](C(C)CC(=O)O)C(=O)N[C@@H](Cc2c[nH]c3ccccc23)C(=O)OC1C. The Bertz CT molecular complexity index is 4220. The largest absolute Gasteiger partial charge is 0.508 e. The zero-order valence-electron chi connectivity index (χ0n) is 57.3. The van der Waals surface area contributed by atoms with Crippen molar-refractivity contribution in [2.24, 2.45) is 11.7 Å². The summed E-state index contributed by atoms with van der Waals surface area (Å²) in [6, 6.07) is -5.25. The lowest BCUT2D eigenvalue weighted by Gasteiger charge is -2.31. The number of hydrogen-bond acceptors (Lipinski definition) is 22. The van der Waals surface area contributed by atoms with Crippen LogP contribution in [0.5, 0.6) is 5.75 Å². The number of nitrogens with two attached hydrogens (primary N) is 1. The first kappa shape index (κ1) is 81.7.